The van der Waals surface area contributed by atoms with Crippen LogP contribution in [0.5, 0.6) is 11.5 Å². The molecule has 1 aliphatic heterocycles. The number of carbonyl (C=O) groups excluding carboxylic acids is 1. The van der Waals surface area contributed by atoms with E-state index in [1.54, 1.807) is 12.1 Å². The number of hydrogen-bond donors (Lipinski definition) is 2. The summed E-state index contributed by atoms with van der Waals surface area (Å²) in [6.07, 6.45) is 2.58. The molecule has 3 rings (SSSR count). The van der Waals surface area contributed by atoms with Crippen molar-refractivity contribution in [2.75, 3.05) is 13.2 Å². The van der Waals surface area contributed by atoms with Crippen molar-refractivity contribution in [3.8, 4) is 11.5 Å². The maximum absolute atomic E-state index is 12.4. The zero-order valence-electron chi connectivity index (χ0n) is 12.5. The Kier molecular flexibility index (Phi) is 4.75. The summed E-state index contributed by atoms with van der Waals surface area (Å²) in [5.74, 6) is -0.0290. The Morgan fingerprint density at radius 2 is 1.83 bits per heavy atom. The highest BCUT2D eigenvalue weighted by Gasteiger charge is 2.27. The van der Waals surface area contributed by atoms with Crippen LogP contribution in [0.25, 0.3) is 0 Å². The lowest BCUT2D eigenvalue weighted by molar-refractivity contribution is -0.142. The van der Waals surface area contributed by atoms with Gasteiger partial charge in [0, 0.05) is 11.6 Å². The molecule has 6 nitrogen and oxygen atoms in total. The average Bonchev–Trinajstić information content (AvgIpc) is 2.55. The van der Waals surface area contributed by atoms with Gasteiger partial charge in [-0.1, -0.05) is 0 Å². The third kappa shape index (κ3) is 3.60. The molecule has 1 saturated carbocycles. The van der Waals surface area contributed by atoms with Crippen LogP contribution in [0.1, 0.15) is 36.0 Å². The minimum absolute atomic E-state index is 0.0186. The predicted molar refractivity (Wildman–Crippen MR) is 86.0 cm³/mol. The summed E-state index contributed by atoms with van der Waals surface area (Å²) in [6, 6.07) is 3.41. The molecule has 0 radical (unpaired) electrons. The van der Waals surface area contributed by atoms with Gasteiger partial charge in [-0.2, -0.15) is 0 Å². The first-order chi connectivity index (χ1) is 11.0. The third-order valence-electron chi connectivity index (χ3n) is 4.27. The standard InChI is InChI=1S/C16H18BrNO5/c17-12-7-10(8-13-14(12)23-6-5-22-13)15(19)18-11-3-1-9(2-4-11)16(20)21/h7-9,11H,1-6H2,(H,18,19)(H,20,21). The Morgan fingerprint density at radius 1 is 1.13 bits per heavy atom. The van der Waals surface area contributed by atoms with Gasteiger partial charge in [0.05, 0.1) is 10.4 Å². The molecule has 0 spiro atoms. The molecule has 7 heteroatoms. The van der Waals surface area contributed by atoms with Gasteiger partial charge < -0.3 is 19.9 Å². The summed E-state index contributed by atoms with van der Waals surface area (Å²) < 4.78 is 11.7. The highest BCUT2D eigenvalue weighted by Crippen LogP contribution is 2.38. The molecule has 1 aromatic rings. The molecule has 0 saturated heterocycles. The number of halogens is 1. The highest BCUT2D eigenvalue weighted by molar-refractivity contribution is 9.10. The number of carboxylic acids is 1. The van der Waals surface area contributed by atoms with Crippen molar-refractivity contribution in [2.45, 2.75) is 31.7 Å². The lowest BCUT2D eigenvalue weighted by Gasteiger charge is -2.27. The van der Waals surface area contributed by atoms with Gasteiger partial charge in [-0.05, 0) is 53.7 Å². The number of amides is 1. The maximum atomic E-state index is 12.4. The Balaban J connectivity index is 1.65. The fourth-order valence-electron chi connectivity index (χ4n) is 3.00. The molecule has 2 aliphatic rings. The summed E-state index contributed by atoms with van der Waals surface area (Å²) in [5, 5.41) is 12.0. The quantitative estimate of drug-likeness (QED) is 0.837. The van der Waals surface area contributed by atoms with Crippen LogP contribution in [0.4, 0.5) is 0 Å². The fraction of sp³-hybridized carbons (Fsp3) is 0.500. The Hall–Kier alpha value is -1.76. The van der Waals surface area contributed by atoms with Gasteiger partial charge in [-0.3, -0.25) is 9.59 Å². The van der Waals surface area contributed by atoms with Crippen molar-refractivity contribution in [3.05, 3.63) is 22.2 Å². The molecule has 23 heavy (non-hydrogen) atoms. The zero-order valence-corrected chi connectivity index (χ0v) is 14.1. The molecule has 2 N–H and O–H groups in total. The molecule has 1 amide bonds. The maximum Gasteiger partial charge on any atom is 0.306 e. The number of fused-ring (bicyclic) bond motifs is 1. The molecule has 1 heterocycles. The summed E-state index contributed by atoms with van der Waals surface area (Å²) in [5.41, 5.74) is 0.501. The van der Waals surface area contributed by atoms with E-state index in [1.165, 1.54) is 0 Å². The van der Waals surface area contributed by atoms with Gasteiger partial charge in [-0.15, -0.1) is 0 Å². The summed E-state index contributed by atoms with van der Waals surface area (Å²) >= 11 is 3.40. The Bertz CT molecular complexity index is 625. The van der Waals surface area contributed by atoms with Crippen molar-refractivity contribution in [1.82, 2.24) is 5.32 Å². The Labute approximate surface area is 142 Å². The number of carboxylic acid groups (broad SMARTS) is 1. The first kappa shape index (κ1) is 16.1. The van der Waals surface area contributed by atoms with Gasteiger partial charge in [0.25, 0.3) is 5.91 Å². The molecule has 0 atom stereocenters. The SMILES string of the molecule is O=C(NC1CCC(C(=O)O)CC1)c1cc(Br)c2c(c1)OCCO2. The number of benzene rings is 1. The second-order valence-corrected chi connectivity index (χ2v) is 6.70. The van der Waals surface area contributed by atoms with Crippen LogP contribution < -0.4 is 14.8 Å². The fourth-order valence-corrected chi connectivity index (χ4v) is 3.55. The van der Waals surface area contributed by atoms with E-state index in [9.17, 15) is 9.59 Å². The molecule has 0 bridgehead atoms. The Morgan fingerprint density at radius 3 is 2.52 bits per heavy atom. The molecule has 1 aliphatic carbocycles. The second-order valence-electron chi connectivity index (χ2n) is 5.84. The monoisotopic (exact) mass is 383 g/mol. The summed E-state index contributed by atoms with van der Waals surface area (Å²) in [6.45, 7) is 0.952. The number of ether oxygens (including phenoxy) is 2. The van der Waals surface area contributed by atoms with Crippen LogP contribution in [-0.2, 0) is 4.79 Å². The number of aliphatic carboxylic acids is 1. The first-order valence-electron chi connectivity index (χ1n) is 7.67. The van der Waals surface area contributed by atoms with Crippen LogP contribution in [-0.4, -0.2) is 36.2 Å². The van der Waals surface area contributed by atoms with Crippen molar-refractivity contribution in [2.24, 2.45) is 5.92 Å². The molecule has 0 unspecified atom stereocenters. The van der Waals surface area contributed by atoms with Crippen LogP contribution >= 0.6 is 15.9 Å². The molecule has 124 valence electrons. The van der Waals surface area contributed by atoms with E-state index in [0.29, 0.717) is 60.4 Å². The average molecular weight is 384 g/mol. The van der Waals surface area contributed by atoms with Crippen molar-refractivity contribution < 1.29 is 24.2 Å². The normalized spacial score (nSPS) is 23.2. The van der Waals surface area contributed by atoms with E-state index in [2.05, 4.69) is 21.2 Å². The van der Waals surface area contributed by atoms with Crippen molar-refractivity contribution in [3.63, 3.8) is 0 Å². The predicted octanol–water partition coefficient (Wildman–Crippen LogP) is 2.59. The van der Waals surface area contributed by atoms with E-state index in [1.807, 2.05) is 0 Å². The summed E-state index contributed by atoms with van der Waals surface area (Å²) in [7, 11) is 0. The van der Waals surface area contributed by atoms with E-state index < -0.39 is 5.97 Å². The van der Waals surface area contributed by atoms with Crippen LogP contribution in [0, 0.1) is 5.92 Å². The van der Waals surface area contributed by atoms with Crippen molar-refractivity contribution >= 4 is 27.8 Å². The first-order valence-corrected chi connectivity index (χ1v) is 8.46. The number of rotatable bonds is 3. The lowest BCUT2D eigenvalue weighted by Crippen LogP contribution is -2.38. The molecule has 1 aromatic carbocycles. The highest BCUT2D eigenvalue weighted by atomic mass is 79.9. The van der Waals surface area contributed by atoms with Gasteiger partial charge in [0.15, 0.2) is 11.5 Å². The minimum Gasteiger partial charge on any atom is -0.486 e. The van der Waals surface area contributed by atoms with E-state index in [-0.39, 0.29) is 17.9 Å². The smallest absolute Gasteiger partial charge is 0.306 e. The van der Waals surface area contributed by atoms with E-state index in [0.717, 1.165) is 0 Å². The molecular formula is C16H18BrNO5. The largest absolute Gasteiger partial charge is 0.486 e. The number of nitrogens with one attached hydrogen (secondary N) is 1. The van der Waals surface area contributed by atoms with Gasteiger partial charge in [0.1, 0.15) is 13.2 Å². The van der Waals surface area contributed by atoms with Crippen LogP contribution in [0.15, 0.2) is 16.6 Å². The zero-order chi connectivity index (χ0) is 16.4. The van der Waals surface area contributed by atoms with Crippen LogP contribution in [0.3, 0.4) is 0 Å². The number of carbonyl (C=O) groups is 2. The van der Waals surface area contributed by atoms with E-state index >= 15 is 0 Å². The molecule has 1 fully saturated rings. The number of hydrogen-bond acceptors (Lipinski definition) is 4. The lowest BCUT2D eigenvalue weighted by atomic mass is 9.86. The van der Waals surface area contributed by atoms with Gasteiger partial charge >= 0.3 is 5.97 Å². The summed E-state index contributed by atoms with van der Waals surface area (Å²) in [4.78, 5) is 23.4. The minimum atomic E-state index is -0.745. The molecule has 0 aromatic heterocycles. The van der Waals surface area contributed by atoms with Gasteiger partial charge in [-0.25, -0.2) is 0 Å². The topological polar surface area (TPSA) is 84.9 Å². The molecular weight excluding hydrogens is 366 g/mol. The van der Waals surface area contributed by atoms with E-state index in [4.69, 9.17) is 14.6 Å². The van der Waals surface area contributed by atoms with Crippen LogP contribution in [0.2, 0.25) is 0 Å². The second kappa shape index (κ2) is 6.78. The van der Waals surface area contributed by atoms with Crippen molar-refractivity contribution in [1.29, 1.82) is 0 Å². The van der Waals surface area contributed by atoms with Gasteiger partial charge in [0.2, 0.25) is 0 Å². The third-order valence-corrected chi connectivity index (χ3v) is 4.86.